The monoisotopic (exact) mass is 310 g/mol. The Morgan fingerprint density at radius 1 is 1.10 bits per heavy atom. The van der Waals surface area contributed by atoms with Crippen molar-refractivity contribution in [3.05, 3.63) is 63.6 Å². The summed E-state index contributed by atoms with van der Waals surface area (Å²) < 4.78 is 5.36. The predicted molar refractivity (Wildman–Crippen MR) is 83.2 cm³/mol. The van der Waals surface area contributed by atoms with Crippen LogP contribution in [0.1, 0.15) is 17.2 Å². The molecule has 1 unspecified atom stereocenters. The van der Waals surface area contributed by atoms with Crippen molar-refractivity contribution in [2.24, 2.45) is 5.84 Å². The van der Waals surface area contributed by atoms with Crippen molar-refractivity contribution in [1.29, 1.82) is 0 Å². The van der Waals surface area contributed by atoms with E-state index < -0.39 is 0 Å². The molecule has 20 heavy (non-hydrogen) atoms. The van der Waals surface area contributed by atoms with Crippen LogP contribution in [0, 0.1) is 0 Å². The minimum absolute atomic E-state index is 0.0663. The predicted octanol–water partition coefficient (Wildman–Crippen LogP) is 3.75. The minimum Gasteiger partial charge on any atom is -0.496 e. The molecule has 0 fully saturated rings. The second-order valence-corrected chi connectivity index (χ2v) is 5.31. The SMILES string of the molecule is COc1cc(Cl)ccc1C(Cc1ccc(Cl)cc1)NN. The zero-order chi connectivity index (χ0) is 14.5. The summed E-state index contributed by atoms with van der Waals surface area (Å²) in [6, 6.07) is 13.1. The van der Waals surface area contributed by atoms with Crippen molar-refractivity contribution in [3.63, 3.8) is 0 Å². The second-order valence-electron chi connectivity index (χ2n) is 4.44. The van der Waals surface area contributed by atoms with Gasteiger partial charge in [0.15, 0.2) is 0 Å². The second kappa shape index (κ2) is 6.95. The van der Waals surface area contributed by atoms with Crippen LogP contribution >= 0.6 is 23.2 Å². The molecule has 2 aromatic rings. The highest BCUT2D eigenvalue weighted by atomic mass is 35.5. The molecule has 3 nitrogen and oxygen atoms in total. The van der Waals surface area contributed by atoms with Crippen LogP contribution in [0.2, 0.25) is 10.0 Å². The summed E-state index contributed by atoms with van der Waals surface area (Å²) in [6.45, 7) is 0. The fraction of sp³-hybridized carbons (Fsp3) is 0.200. The summed E-state index contributed by atoms with van der Waals surface area (Å²) in [7, 11) is 1.62. The fourth-order valence-electron chi connectivity index (χ4n) is 2.09. The van der Waals surface area contributed by atoms with Gasteiger partial charge in [-0.1, -0.05) is 41.4 Å². The van der Waals surface area contributed by atoms with Gasteiger partial charge in [-0.25, -0.2) is 0 Å². The maximum absolute atomic E-state index is 5.97. The number of nitrogens with two attached hydrogens (primary N) is 1. The lowest BCUT2D eigenvalue weighted by Crippen LogP contribution is -2.29. The summed E-state index contributed by atoms with van der Waals surface area (Å²) in [6.07, 6.45) is 0.728. The van der Waals surface area contributed by atoms with Gasteiger partial charge in [-0.2, -0.15) is 0 Å². The van der Waals surface area contributed by atoms with Gasteiger partial charge in [0, 0.05) is 15.6 Å². The van der Waals surface area contributed by atoms with E-state index in [9.17, 15) is 0 Å². The first-order chi connectivity index (χ1) is 9.63. The molecule has 0 aliphatic heterocycles. The maximum Gasteiger partial charge on any atom is 0.125 e. The smallest absolute Gasteiger partial charge is 0.125 e. The highest BCUT2D eigenvalue weighted by molar-refractivity contribution is 6.30. The molecular weight excluding hydrogens is 295 g/mol. The third kappa shape index (κ3) is 3.64. The Morgan fingerprint density at radius 2 is 1.75 bits per heavy atom. The molecule has 0 aromatic heterocycles. The van der Waals surface area contributed by atoms with Gasteiger partial charge in [-0.15, -0.1) is 0 Å². The van der Waals surface area contributed by atoms with Gasteiger partial charge in [-0.05, 0) is 36.2 Å². The number of hydrogen-bond acceptors (Lipinski definition) is 3. The van der Waals surface area contributed by atoms with Crippen molar-refractivity contribution in [2.45, 2.75) is 12.5 Å². The first-order valence-corrected chi connectivity index (χ1v) is 6.93. The molecule has 0 amide bonds. The van der Waals surface area contributed by atoms with E-state index in [2.05, 4.69) is 5.43 Å². The Labute approximate surface area is 128 Å². The van der Waals surface area contributed by atoms with E-state index in [1.165, 1.54) is 0 Å². The average molecular weight is 311 g/mol. The van der Waals surface area contributed by atoms with Crippen LogP contribution in [0.25, 0.3) is 0 Å². The number of methoxy groups -OCH3 is 1. The van der Waals surface area contributed by atoms with E-state index >= 15 is 0 Å². The summed E-state index contributed by atoms with van der Waals surface area (Å²) in [5.41, 5.74) is 4.92. The van der Waals surface area contributed by atoms with Gasteiger partial charge in [0.05, 0.1) is 13.2 Å². The lowest BCUT2D eigenvalue weighted by molar-refractivity contribution is 0.399. The van der Waals surface area contributed by atoms with Crippen LogP contribution in [0.4, 0.5) is 0 Å². The fourth-order valence-corrected chi connectivity index (χ4v) is 2.38. The maximum atomic E-state index is 5.97. The first-order valence-electron chi connectivity index (χ1n) is 6.18. The summed E-state index contributed by atoms with van der Waals surface area (Å²) in [5.74, 6) is 6.40. The van der Waals surface area contributed by atoms with Crippen LogP contribution < -0.4 is 16.0 Å². The van der Waals surface area contributed by atoms with Crippen molar-refractivity contribution in [2.75, 3.05) is 7.11 Å². The van der Waals surface area contributed by atoms with E-state index in [0.717, 1.165) is 28.3 Å². The molecule has 0 aliphatic carbocycles. The molecule has 0 saturated carbocycles. The molecule has 1 atom stereocenters. The summed E-state index contributed by atoms with van der Waals surface area (Å²) in [4.78, 5) is 0. The summed E-state index contributed by atoms with van der Waals surface area (Å²) in [5, 5.41) is 1.35. The van der Waals surface area contributed by atoms with Gasteiger partial charge in [0.25, 0.3) is 0 Å². The van der Waals surface area contributed by atoms with Crippen LogP contribution in [0.5, 0.6) is 5.75 Å². The van der Waals surface area contributed by atoms with Crippen LogP contribution in [0.3, 0.4) is 0 Å². The van der Waals surface area contributed by atoms with Crippen molar-refractivity contribution in [3.8, 4) is 5.75 Å². The number of hydrazine groups is 1. The van der Waals surface area contributed by atoms with Crippen molar-refractivity contribution >= 4 is 23.2 Å². The zero-order valence-electron chi connectivity index (χ0n) is 11.1. The Morgan fingerprint density at radius 3 is 2.35 bits per heavy atom. The average Bonchev–Trinajstić information content (AvgIpc) is 2.47. The van der Waals surface area contributed by atoms with Gasteiger partial charge >= 0.3 is 0 Å². The molecule has 0 aliphatic rings. The molecule has 0 heterocycles. The highest BCUT2D eigenvalue weighted by Crippen LogP contribution is 2.30. The first kappa shape index (κ1) is 15.1. The number of halogens is 2. The lowest BCUT2D eigenvalue weighted by Gasteiger charge is -2.19. The van der Waals surface area contributed by atoms with E-state index in [0.29, 0.717) is 5.02 Å². The Kier molecular flexibility index (Phi) is 5.26. The van der Waals surface area contributed by atoms with E-state index in [4.69, 9.17) is 33.8 Å². The quantitative estimate of drug-likeness (QED) is 0.653. The van der Waals surface area contributed by atoms with Crippen LogP contribution in [-0.2, 0) is 6.42 Å². The zero-order valence-corrected chi connectivity index (χ0v) is 12.6. The standard InChI is InChI=1S/C15H16Cl2N2O/c1-20-15-9-12(17)6-7-13(15)14(19-18)8-10-2-4-11(16)5-3-10/h2-7,9,14,19H,8,18H2,1H3. The van der Waals surface area contributed by atoms with Gasteiger partial charge < -0.3 is 4.74 Å². The molecular formula is C15H16Cl2N2O. The number of rotatable bonds is 5. The number of hydrogen-bond donors (Lipinski definition) is 2. The van der Waals surface area contributed by atoms with Crippen LogP contribution in [-0.4, -0.2) is 7.11 Å². The number of ether oxygens (including phenoxy) is 1. The van der Waals surface area contributed by atoms with Crippen molar-refractivity contribution < 1.29 is 4.74 Å². The molecule has 3 N–H and O–H groups in total. The van der Waals surface area contributed by atoms with E-state index in [1.807, 2.05) is 36.4 Å². The lowest BCUT2D eigenvalue weighted by atomic mass is 9.98. The van der Waals surface area contributed by atoms with E-state index in [-0.39, 0.29) is 6.04 Å². The Hall–Kier alpha value is -1.26. The Balaban J connectivity index is 2.26. The topological polar surface area (TPSA) is 47.3 Å². The molecule has 0 saturated heterocycles. The molecule has 2 aromatic carbocycles. The molecule has 2 rings (SSSR count). The minimum atomic E-state index is -0.0663. The highest BCUT2D eigenvalue weighted by Gasteiger charge is 2.15. The largest absolute Gasteiger partial charge is 0.496 e. The molecule has 106 valence electrons. The molecule has 0 spiro atoms. The van der Waals surface area contributed by atoms with Gasteiger partial charge in [0.2, 0.25) is 0 Å². The third-order valence-corrected chi connectivity index (χ3v) is 3.61. The summed E-state index contributed by atoms with van der Waals surface area (Å²) >= 11 is 11.9. The van der Waals surface area contributed by atoms with Gasteiger partial charge in [-0.3, -0.25) is 11.3 Å². The third-order valence-electron chi connectivity index (χ3n) is 3.13. The number of nitrogens with one attached hydrogen (secondary N) is 1. The van der Waals surface area contributed by atoms with Crippen LogP contribution in [0.15, 0.2) is 42.5 Å². The Bertz CT molecular complexity index is 573. The van der Waals surface area contributed by atoms with E-state index in [1.54, 1.807) is 13.2 Å². The molecule has 0 radical (unpaired) electrons. The molecule has 0 bridgehead atoms. The normalized spacial score (nSPS) is 12.2. The van der Waals surface area contributed by atoms with Gasteiger partial charge in [0.1, 0.15) is 5.75 Å². The van der Waals surface area contributed by atoms with Crippen molar-refractivity contribution in [1.82, 2.24) is 5.43 Å². The number of benzene rings is 2. The molecule has 5 heteroatoms.